The van der Waals surface area contributed by atoms with Crippen molar-refractivity contribution < 1.29 is 9.32 Å². The Morgan fingerprint density at radius 2 is 2.08 bits per heavy atom. The van der Waals surface area contributed by atoms with Gasteiger partial charge in [0, 0.05) is 23.6 Å². The lowest BCUT2D eigenvalue weighted by Crippen LogP contribution is -2.55. The molecule has 8 heteroatoms. The first-order valence-electron chi connectivity index (χ1n) is 8.22. The molecule has 0 saturated heterocycles. The van der Waals surface area contributed by atoms with Crippen LogP contribution in [0.25, 0.3) is 11.4 Å². The molecule has 0 spiro atoms. The number of nitrogens with one attached hydrogen (secondary N) is 1. The number of rotatable bonds is 5. The number of nitrogens with zero attached hydrogens (tertiary/aromatic N) is 2. The van der Waals surface area contributed by atoms with E-state index in [0.717, 1.165) is 37.7 Å². The average Bonchev–Trinajstić information content (AvgIpc) is 3.04. The van der Waals surface area contributed by atoms with Gasteiger partial charge in [-0.05, 0) is 25.0 Å². The maximum Gasteiger partial charge on any atom is 0.240 e. The molecule has 0 aliphatic heterocycles. The summed E-state index contributed by atoms with van der Waals surface area (Å²) in [6.07, 6.45) is 5.14. The minimum absolute atomic E-state index is 0. The number of hydrogen-bond acceptors (Lipinski definition) is 5. The Balaban J connectivity index is 0.00000225. The molecule has 136 valence electrons. The molecular weight excluding hydrogens is 363 g/mol. The monoisotopic (exact) mass is 384 g/mol. The van der Waals surface area contributed by atoms with E-state index >= 15 is 0 Å². The van der Waals surface area contributed by atoms with Crippen LogP contribution in [0, 0.1) is 0 Å². The van der Waals surface area contributed by atoms with Crippen molar-refractivity contribution in [2.75, 3.05) is 6.54 Å². The van der Waals surface area contributed by atoms with Gasteiger partial charge >= 0.3 is 0 Å². The molecule has 1 amide bonds. The van der Waals surface area contributed by atoms with Crippen molar-refractivity contribution in [2.24, 2.45) is 5.73 Å². The minimum Gasteiger partial charge on any atom is -0.354 e. The topological polar surface area (TPSA) is 94.0 Å². The predicted octanol–water partition coefficient (Wildman–Crippen LogP) is 3.13. The van der Waals surface area contributed by atoms with Crippen LogP contribution < -0.4 is 11.1 Å². The first-order chi connectivity index (χ1) is 11.6. The molecule has 0 bridgehead atoms. The average molecular weight is 385 g/mol. The van der Waals surface area contributed by atoms with Crippen LogP contribution in [-0.2, 0) is 11.2 Å². The Morgan fingerprint density at radius 1 is 1.32 bits per heavy atom. The SMILES string of the molecule is Cl.NC1(C(=O)NCCc2nc(-c3cccc(Cl)c3)no2)CCCCC1. The lowest BCUT2D eigenvalue weighted by atomic mass is 9.82. The molecule has 2 aromatic rings. The van der Waals surface area contributed by atoms with Gasteiger partial charge in [-0.25, -0.2) is 0 Å². The van der Waals surface area contributed by atoms with Crippen molar-refractivity contribution in [2.45, 2.75) is 44.1 Å². The summed E-state index contributed by atoms with van der Waals surface area (Å²) in [6, 6.07) is 7.26. The number of carbonyl (C=O) groups excluding carboxylic acids is 1. The summed E-state index contributed by atoms with van der Waals surface area (Å²) in [7, 11) is 0. The molecule has 0 radical (unpaired) electrons. The highest BCUT2D eigenvalue weighted by Gasteiger charge is 2.34. The van der Waals surface area contributed by atoms with Crippen molar-refractivity contribution in [3.8, 4) is 11.4 Å². The third kappa shape index (κ3) is 4.93. The number of amides is 1. The molecule has 25 heavy (non-hydrogen) atoms. The van der Waals surface area contributed by atoms with Gasteiger partial charge in [-0.15, -0.1) is 12.4 Å². The summed E-state index contributed by atoms with van der Waals surface area (Å²) in [6.45, 7) is 0.426. The van der Waals surface area contributed by atoms with Crippen molar-refractivity contribution >= 4 is 29.9 Å². The Bertz CT molecular complexity index is 714. The van der Waals surface area contributed by atoms with Crippen molar-refractivity contribution in [1.29, 1.82) is 0 Å². The highest BCUT2D eigenvalue weighted by atomic mass is 35.5. The van der Waals surface area contributed by atoms with E-state index in [2.05, 4.69) is 15.5 Å². The Kier molecular flexibility index (Phi) is 6.81. The van der Waals surface area contributed by atoms with Gasteiger partial charge in [0.25, 0.3) is 0 Å². The normalized spacial score (nSPS) is 16.1. The molecule has 6 nitrogen and oxygen atoms in total. The van der Waals surface area contributed by atoms with E-state index in [-0.39, 0.29) is 18.3 Å². The van der Waals surface area contributed by atoms with Crippen LogP contribution in [0.15, 0.2) is 28.8 Å². The Labute approximate surface area is 157 Å². The zero-order valence-electron chi connectivity index (χ0n) is 13.8. The van der Waals surface area contributed by atoms with Gasteiger partial charge in [-0.2, -0.15) is 4.98 Å². The van der Waals surface area contributed by atoms with E-state index < -0.39 is 5.54 Å². The zero-order chi connectivity index (χ0) is 17.0. The van der Waals surface area contributed by atoms with Crippen molar-refractivity contribution in [3.05, 3.63) is 35.2 Å². The Hall–Kier alpha value is -1.63. The predicted molar refractivity (Wildman–Crippen MR) is 98.7 cm³/mol. The van der Waals surface area contributed by atoms with Crippen LogP contribution in [-0.4, -0.2) is 28.1 Å². The fraction of sp³-hybridized carbons (Fsp3) is 0.471. The van der Waals surface area contributed by atoms with Crippen molar-refractivity contribution in [3.63, 3.8) is 0 Å². The molecule has 3 N–H and O–H groups in total. The number of hydrogen-bond donors (Lipinski definition) is 2. The molecule has 1 aromatic heterocycles. The summed E-state index contributed by atoms with van der Waals surface area (Å²) in [5, 5.41) is 7.45. The van der Waals surface area contributed by atoms with E-state index in [0.29, 0.717) is 29.7 Å². The van der Waals surface area contributed by atoms with Crippen LogP contribution >= 0.6 is 24.0 Å². The van der Waals surface area contributed by atoms with Crippen LogP contribution in [0.3, 0.4) is 0 Å². The minimum atomic E-state index is -0.723. The second-order valence-electron chi connectivity index (χ2n) is 6.24. The smallest absolute Gasteiger partial charge is 0.240 e. The third-order valence-corrected chi connectivity index (χ3v) is 4.61. The third-order valence-electron chi connectivity index (χ3n) is 4.37. The summed E-state index contributed by atoms with van der Waals surface area (Å²) in [4.78, 5) is 16.6. The van der Waals surface area contributed by atoms with Crippen molar-refractivity contribution in [1.82, 2.24) is 15.5 Å². The van der Waals surface area contributed by atoms with E-state index in [1.807, 2.05) is 12.1 Å². The van der Waals surface area contributed by atoms with E-state index in [1.165, 1.54) is 0 Å². The molecular formula is C17H22Cl2N4O2. The molecule has 1 aliphatic rings. The summed E-state index contributed by atoms with van der Waals surface area (Å²) in [5.74, 6) is 0.873. The van der Waals surface area contributed by atoms with Gasteiger partial charge in [0.15, 0.2) is 0 Å². The lowest BCUT2D eigenvalue weighted by Gasteiger charge is -2.31. The van der Waals surface area contributed by atoms with Crippen LogP contribution in [0.1, 0.15) is 38.0 Å². The summed E-state index contributed by atoms with van der Waals surface area (Å²) < 4.78 is 5.22. The fourth-order valence-corrected chi connectivity index (χ4v) is 3.16. The Morgan fingerprint density at radius 3 is 2.80 bits per heavy atom. The molecule has 1 aromatic carbocycles. The summed E-state index contributed by atoms with van der Waals surface area (Å²) in [5.41, 5.74) is 6.27. The number of aromatic nitrogens is 2. The lowest BCUT2D eigenvalue weighted by molar-refractivity contribution is -0.127. The standard InChI is InChI=1S/C17H21ClN4O2.ClH/c18-13-6-4-5-12(11-13)15-21-14(24-22-15)7-10-20-16(23)17(19)8-2-1-3-9-17;/h4-6,11H,1-3,7-10,19H2,(H,20,23);1H. The zero-order valence-corrected chi connectivity index (χ0v) is 15.4. The van der Waals surface area contributed by atoms with Crippen LogP contribution in [0.2, 0.25) is 5.02 Å². The molecule has 0 atom stereocenters. The van der Waals surface area contributed by atoms with E-state index in [1.54, 1.807) is 12.1 Å². The summed E-state index contributed by atoms with van der Waals surface area (Å²) >= 11 is 5.96. The molecule has 3 rings (SSSR count). The second-order valence-corrected chi connectivity index (χ2v) is 6.68. The first-order valence-corrected chi connectivity index (χ1v) is 8.60. The highest BCUT2D eigenvalue weighted by Crippen LogP contribution is 2.26. The first kappa shape index (κ1) is 19.7. The molecule has 1 saturated carbocycles. The number of carbonyl (C=O) groups is 1. The maximum absolute atomic E-state index is 12.3. The largest absolute Gasteiger partial charge is 0.354 e. The molecule has 1 aliphatic carbocycles. The quantitative estimate of drug-likeness (QED) is 0.825. The number of nitrogens with two attached hydrogens (primary N) is 1. The van der Waals surface area contributed by atoms with Gasteiger partial charge < -0.3 is 15.6 Å². The molecule has 1 heterocycles. The fourth-order valence-electron chi connectivity index (χ4n) is 2.97. The molecule has 1 fully saturated rings. The molecule has 0 unspecified atom stereocenters. The van der Waals surface area contributed by atoms with E-state index in [9.17, 15) is 4.79 Å². The van der Waals surface area contributed by atoms with Gasteiger partial charge in [0.2, 0.25) is 17.6 Å². The van der Waals surface area contributed by atoms with Crippen LogP contribution in [0.5, 0.6) is 0 Å². The number of halogens is 2. The second kappa shape index (κ2) is 8.65. The van der Waals surface area contributed by atoms with Crippen LogP contribution in [0.4, 0.5) is 0 Å². The van der Waals surface area contributed by atoms with Gasteiger partial charge in [0.1, 0.15) is 0 Å². The highest BCUT2D eigenvalue weighted by molar-refractivity contribution is 6.30. The maximum atomic E-state index is 12.3. The van der Waals surface area contributed by atoms with Gasteiger partial charge in [-0.3, -0.25) is 4.79 Å². The van der Waals surface area contributed by atoms with Gasteiger partial charge in [0.05, 0.1) is 5.54 Å². The van der Waals surface area contributed by atoms with E-state index in [4.69, 9.17) is 21.9 Å². The number of benzene rings is 1. The van der Waals surface area contributed by atoms with Gasteiger partial charge in [-0.1, -0.05) is 48.2 Å².